The van der Waals surface area contributed by atoms with Gasteiger partial charge in [0.1, 0.15) is 11.5 Å². The summed E-state index contributed by atoms with van der Waals surface area (Å²) in [7, 11) is 1.39. The summed E-state index contributed by atoms with van der Waals surface area (Å²) in [5.74, 6) is -0.687. The van der Waals surface area contributed by atoms with Gasteiger partial charge >= 0.3 is 5.69 Å². The third-order valence-corrected chi connectivity index (χ3v) is 1.81. The van der Waals surface area contributed by atoms with Gasteiger partial charge in [-0.15, -0.1) is 0 Å². The van der Waals surface area contributed by atoms with E-state index in [-0.39, 0.29) is 18.1 Å². The predicted molar refractivity (Wildman–Crippen MR) is 54.4 cm³/mol. The average molecular weight is 213 g/mol. The molecule has 0 spiro atoms. The molecule has 1 rings (SSSR count). The Kier molecular flexibility index (Phi) is 2.79. The number of carbonyl (C=O) groups excluding carboxylic acids is 1. The molecule has 0 aliphatic heterocycles. The number of hydrogen-bond acceptors (Lipinski definition) is 5. The van der Waals surface area contributed by atoms with E-state index < -0.39 is 17.2 Å². The number of primary amides is 1. The molecule has 0 fully saturated rings. The minimum absolute atomic E-state index is 0.0455. The van der Waals surface area contributed by atoms with Gasteiger partial charge in [-0.1, -0.05) is 0 Å². The number of nitrogens with zero attached hydrogens (tertiary/aromatic N) is 1. The highest BCUT2D eigenvalue weighted by atomic mass is 16.2. The number of carbonyl (C=O) groups is 1. The number of nitrogens with one attached hydrogen (secondary N) is 2. The smallest absolute Gasteiger partial charge is 0.329 e. The quantitative estimate of drug-likeness (QED) is 0.442. The SMILES string of the molecule is Cn1c(N)c(NCC(N)=O)c(=O)[nH]c1=O. The van der Waals surface area contributed by atoms with Crippen molar-refractivity contribution in [2.24, 2.45) is 12.8 Å². The second kappa shape index (κ2) is 3.86. The molecule has 0 unspecified atom stereocenters. The molecule has 8 nitrogen and oxygen atoms in total. The Morgan fingerprint density at radius 1 is 1.53 bits per heavy atom. The summed E-state index contributed by atoms with van der Waals surface area (Å²) in [5, 5.41) is 2.45. The fourth-order valence-electron chi connectivity index (χ4n) is 0.983. The summed E-state index contributed by atoms with van der Waals surface area (Å²) in [6.45, 7) is -0.231. The average Bonchev–Trinajstić information content (AvgIpc) is 2.14. The van der Waals surface area contributed by atoms with Gasteiger partial charge in [0, 0.05) is 7.05 Å². The molecule has 0 radical (unpaired) electrons. The molecule has 0 saturated carbocycles. The summed E-state index contributed by atoms with van der Waals surface area (Å²) in [5.41, 5.74) is 9.03. The maximum Gasteiger partial charge on any atom is 0.329 e. The number of amides is 1. The van der Waals surface area contributed by atoms with Gasteiger partial charge in [0.15, 0.2) is 0 Å². The van der Waals surface area contributed by atoms with E-state index in [1.165, 1.54) is 7.05 Å². The van der Waals surface area contributed by atoms with Crippen LogP contribution in [0, 0.1) is 0 Å². The number of nitrogens with two attached hydrogens (primary N) is 2. The monoisotopic (exact) mass is 213 g/mol. The summed E-state index contributed by atoms with van der Waals surface area (Å²) in [6, 6.07) is 0. The lowest BCUT2D eigenvalue weighted by Gasteiger charge is -2.08. The molecule has 8 heteroatoms. The van der Waals surface area contributed by atoms with Gasteiger partial charge in [-0.25, -0.2) is 4.79 Å². The Hall–Kier alpha value is -2.25. The topological polar surface area (TPSA) is 136 Å². The van der Waals surface area contributed by atoms with E-state index in [1.807, 2.05) is 4.98 Å². The molecular formula is C7H11N5O3. The lowest BCUT2D eigenvalue weighted by atomic mass is 10.4. The number of H-pyrrole nitrogens is 1. The van der Waals surface area contributed by atoms with Crippen LogP contribution in [0.4, 0.5) is 11.5 Å². The highest BCUT2D eigenvalue weighted by molar-refractivity contribution is 5.79. The highest BCUT2D eigenvalue weighted by Crippen LogP contribution is 2.06. The minimum atomic E-state index is -0.683. The van der Waals surface area contributed by atoms with Gasteiger partial charge < -0.3 is 16.8 Å². The molecule has 0 bridgehead atoms. The first-order valence-electron chi connectivity index (χ1n) is 4.04. The Morgan fingerprint density at radius 2 is 2.13 bits per heavy atom. The molecule has 6 N–H and O–H groups in total. The van der Waals surface area contributed by atoms with Crippen molar-refractivity contribution in [1.29, 1.82) is 0 Å². The third-order valence-electron chi connectivity index (χ3n) is 1.81. The molecule has 0 atom stereocenters. The molecule has 1 heterocycles. The standard InChI is InChI=1S/C7H11N5O3/c1-12-5(9)4(10-2-3(8)13)6(14)11-7(12)15/h10H,2,9H2,1H3,(H2,8,13)(H,11,14,15). The number of aromatic amines is 1. The van der Waals surface area contributed by atoms with Crippen LogP contribution in [0.25, 0.3) is 0 Å². The van der Waals surface area contributed by atoms with Crippen LogP contribution in [0.1, 0.15) is 0 Å². The van der Waals surface area contributed by atoms with Crippen LogP contribution in [-0.2, 0) is 11.8 Å². The number of nitrogen functional groups attached to an aromatic ring is 1. The van der Waals surface area contributed by atoms with Crippen LogP contribution in [0.5, 0.6) is 0 Å². The van der Waals surface area contributed by atoms with Crippen molar-refractivity contribution in [1.82, 2.24) is 9.55 Å². The van der Waals surface area contributed by atoms with E-state index in [9.17, 15) is 14.4 Å². The Balaban J connectivity index is 3.19. The van der Waals surface area contributed by atoms with Gasteiger partial charge in [0.2, 0.25) is 5.91 Å². The van der Waals surface area contributed by atoms with E-state index in [1.54, 1.807) is 0 Å². The second-order valence-corrected chi connectivity index (χ2v) is 2.90. The molecular weight excluding hydrogens is 202 g/mol. The first-order chi connectivity index (χ1) is 6.93. The normalized spacial score (nSPS) is 9.93. The number of hydrogen-bond donors (Lipinski definition) is 4. The Labute approximate surface area is 83.9 Å². The maximum atomic E-state index is 11.3. The van der Waals surface area contributed by atoms with E-state index >= 15 is 0 Å². The van der Waals surface area contributed by atoms with Crippen molar-refractivity contribution in [3.63, 3.8) is 0 Å². The highest BCUT2D eigenvalue weighted by Gasteiger charge is 2.09. The fourth-order valence-corrected chi connectivity index (χ4v) is 0.983. The molecule has 0 aliphatic rings. The Bertz CT molecular complexity index is 500. The van der Waals surface area contributed by atoms with Gasteiger partial charge in [-0.2, -0.15) is 0 Å². The molecule has 1 amide bonds. The largest absolute Gasteiger partial charge is 0.383 e. The van der Waals surface area contributed by atoms with Gasteiger partial charge in [0.25, 0.3) is 5.56 Å². The summed E-state index contributed by atoms with van der Waals surface area (Å²) in [6.07, 6.45) is 0. The minimum Gasteiger partial charge on any atom is -0.383 e. The zero-order chi connectivity index (χ0) is 11.6. The van der Waals surface area contributed by atoms with E-state index in [2.05, 4.69) is 5.32 Å². The molecule has 0 aliphatic carbocycles. The van der Waals surface area contributed by atoms with Crippen molar-refractivity contribution in [2.75, 3.05) is 17.6 Å². The summed E-state index contributed by atoms with van der Waals surface area (Å²) in [4.78, 5) is 34.8. The predicted octanol–water partition coefficient (Wildman–Crippen LogP) is -2.45. The fraction of sp³-hybridized carbons (Fsp3) is 0.286. The Morgan fingerprint density at radius 3 is 2.67 bits per heavy atom. The zero-order valence-corrected chi connectivity index (χ0v) is 8.03. The van der Waals surface area contributed by atoms with Crippen LogP contribution < -0.4 is 28.0 Å². The first kappa shape index (κ1) is 10.8. The van der Waals surface area contributed by atoms with Crippen molar-refractivity contribution in [3.8, 4) is 0 Å². The molecule has 1 aromatic rings. The van der Waals surface area contributed by atoms with Crippen molar-refractivity contribution in [2.45, 2.75) is 0 Å². The van der Waals surface area contributed by atoms with E-state index in [0.717, 1.165) is 4.57 Å². The summed E-state index contributed by atoms with van der Waals surface area (Å²) < 4.78 is 1.05. The third kappa shape index (κ3) is 2.16. The number of anilines is 2. The first-order valence-corrected chi connectivity index (χ1v) is 4.04. The van der Waals surface area contributed by atoms with Crippen LogP contribution in [0.3, 0.4) is 0 Å². The summed E-state index contributed by atoms with van der Waals surface area (Å²) >= 11 is 0. The zero-order valence-electron chi connectivity index (χ0n) is 8.03. The maximum absolute atomic E-state index is 11.3. The molecule has 15 heavy (non-hydrogen) atoms. The van der Waals surface area contributed by atoms with Crippen LogP contribution >= 0.6 is 0 Å². The van der Waals surface area contributed by atoms with E-state index in [0.29, 0.717) is 0 Å². The second-order valence-electron chi connectivity index (χ2n) is 2.90. The van der Waals surface area contributed by atoms with Gasteiger partial charge in [-0.05, 0) is 0 Å². The number of aromatic nitrogens is 2. The van der Waals surface area contributed by atoms with Crippen LogP contribution in [-0.4, -0.2) is 22.0 Å². The van der Waals surface area contributed by atoms with Crippen LogP contribution in [0.15, 0.2) is 9.59 Å². The van der Waals surface area contributed by atoms with Crippen molar-refractivity contribution < 1.29 is 4.79 Å². The van der Waals surface area contributed by atoms with Gasteiger partial charge in [0.05, 0.1) is 6.54 Å². The van der Waals surface area contributed by atoms with Crippen LogP contribution in [0.2, 0.25) is 0 Å². The molecule has 0 aromatic carbocycles. The molecule has 1 aromatic heterocycles. The molecule has 0 saturated heterocycles. The molecule has 82 valence electrons. The van der Waals surface area contributed by atoms with Crippen molar-refractivity contribution in [3.05, 3.63) is 20.8 Å². The number of rotatable bonds is 3. The van der Waals surface area contributed by atoms with E-state index in [4.69, 9.17) is 11.5 Å². The van der Waals surface area contributed by atoms with Crippen molar-refractivity contribution >= 4 is 17.4 Å². The lowest BCUT2D eigenvalue weighted by Crippen LogP contribution is -2.34. The van der Waals surface area contributed by atoms with Gasteiger partial charge in [-0.3, -0.25) is 19.1 Å². The lowest BCUT2D eigenvalue weighted by molar-refractivity contribution is -0.116.